The summed E-state index contributed by atoms with van der Waals surface area (Å²) in [5.41, 5.74) is 1.12. The van der Waals surface area contributed by atoms with Gasteiger partial charge in [-0.3, -0.25) is 0 Å². The van der Waals surface area contributed by atoms with E-state index >= 15 is 0 Å². The molecular weight excluding hydrogens is 369 g/mol. The van der Waals surface area contributed by atoms with Crippen molar-refractivity contribution in [2.75, 3.05) is 13.6 Å². The Labute approximate surface area is 162 Å². The Balaban J connectivity index is 1.53. The molecule has 0 saturated carbocycles. The molecule has 0 spiro atoms. The van der Waals surface area contributed by atoms with Gasteiger partial charge in [0.2, 0.25) is 0 Å². The number of benzene rings is 2. The second-order valence-electron chi connectivity index (χ2n) is 7.18. The lowest BCUT2D eigenvalue weighted by Crippen LogP contribution is -2.31. The van der Waals surface area contributed by atoms with E-state index < -0.39 is 11.7 Å². The van der Waals surface area contributed by atoms with Gasteiger partial charge in [-0.1, -0.05) is 24.3 Å². The summed E-state index contributed by atoms with van der Waals surface area (Å²) in [5, 5.41) is 9.32. The molecule has 150 valence electrons. The van der Waals surface area contributed by atoms with Crippen LogP contribution in [0.25, 0.3) is 0 Å². The third-order valence-corrected chi connectivity index (χ3v) is 5.14. The van der Waals surface area contributed by atoms with Crippen LogP contribution in [0, 0.1) is 0 Å². The van der Waals surface area contributed by atoms with Crippen molar-refractivity contribution >= 4 is 6.03 Å². The predicted octanol–water partition coefficient (Wildman–Crippen LogP) is 4.67. The van der Waals surface area contributed by atoms with Gasteiger partial charge in [0.1, 0.15) is 5.75 Å². The standard InChI is InChI=1S/C21H23F3N2O2/c1-25-18(4-2-3-15-7-11-19(27)12-8-15)14-26(20(25)28)13-16-5-9-17(10-6-16)21(22,23)24/h5-12,18,27H,2-4,13-14H2,1H3. The van der Waals surface area contributed by atoms with Crippen molar-refractivity contribution in [3.8, 4) is 5.75 Å². The van der Waals surface area contributed by atoms with Gasteiger partial charge in [0.25, 0.3) is 0 Å². The lowest BCUT2D eigenvalue weighted by molar-refractivity contribution is -0.137. The number of carbonyl (C=O) groups is 1. The van der Waals surface area contributed by atoms with E-state index in [2.05, 4.69) is 0 Å². The normalized spacial score (nSPS) is 17.4. The van der Waals surface area contributed by atoms with Gasteiger partial charge >= 0.3 is 12.2 Å². The molecule has 1 saturated heterocycles. The zero-order valence-corrected chi connectivity index (χ0v) is 15.6. The number of nitrogens with zero attached hydrogens (tertiary/aromatic N) is 2. The van der Waals surface area contributed by atoms with Crippen LogP contribution in [0.2, 0.25) is 0 Å². The van der Waals surface area contributed by atoms with E-state index in [0.717, 1.165) is 37.0 Å². The van der Waals surface area contributed by atoms with Crippen LogP contribution in [0.15, 0.2) is 48.5 Å². The Morgan fingerprint density at radius 1 is 1.04 bits per heavy atom. The van der Waals surface area contributed by atoms with E-state index in [9.17, 15) is 23.1 Å². The first-order valence-electron chi connectivity index (χ1n) is 9.20. The van der Waals surface area contributed by atoms with Crippen molar-refractivity contribution in [2.24, 2.45) is 0 Å². The lowest BCUT2D eigenvalue weighted by atomic mass is 10.0. The minimum absolute atomic E-state index is 0.0825. The number of carbonyl (C=O) groups excluding carboxylic acids is 1. The molecule has 2 aromatic rings. The molecule has 1 aliphatic rings. The lowest BCUT2D eigenvalue weighted by Gasteiger charge is -2.17. The highest BCUT2D eigenvalue weighted by Crippen LogP contribution is 2.29. The molecule has 1 unspecified atom stereocenters. The van der Waals surface area contributed by atoms with Crippen molar-refractivity contribution < 1.29 is 23.1 Å². The van der Waals surface area contributed by atoms with Crippen LogP contribution in [0.4, 0.5) is 18.0 Å². The highest BCUT2D eigenvalue weighted by molar-refractivity contribution is 5.76. The number of aryl methyl sites for hydroxylation is 1. The molecule has 0 radical (unpaired) electrons. The van der Waals surface area contributed by atoms with Gasteiger partial charge in [-0.05, 0) is 54.7 Å². The summed E-state index contributed by atoms with van der Waals surface area (Å²) < 4.78 is 38.0. The van der Waals surface area contributed by atoms with Crippen molar-refractivity contribution in [3.63, 3.8) is 0 Å². The smallest absolute Gasteiger partial charge is 0.416 e. The van der Waals surface area contributed by atoms with Crippen LogP contribution in [0.5, 0.6) is 5.75 Å². The van der Waals surface area contributed by atoms with E-state index in [1.165, 1.54) is 12.1 Å². The topological polar surface area (TPSA) is 43.8 Å². The van der Waals surface area contributed by atoms with Crippen LogP contribution in [-0.2, 0) is 19.1 Å². The molecule has 4 nitrogen and oxygen atoms in total. The molecule has 1 heterocycles. The van der Waals surface area contributed by atoms with Gasteiger partial charge < -0.3 is 14.9 Å². The Morgan fingerprint density at radius 3 is 2.25 bits per heavy atom. The van der Waals surface area contributed by atoms with Gasteiger partial charge in [0, 0.05) is 20.1 Å². The fourth-order valence-corrected chi connectivity index (χ4v) is 3.48. The first-order chi connectivity index (χ1) is 13.2. The van der Waals surface area contributed by atoms with Crippen LogP contribution in [0.3, 0.4) is 0 Å². The maximum absolute atomic E-state index is 12.7. The number of amides is 2. The van der Waals surface area contributed by atoms with Gasteiger partial charge in [-0.25, -0.2) is 4.79 Å². The highest BCUT2D eigenvalue weighted by Gasteiger charge is 2.34. The van der Waals surface area contributed by atoms with E-state index in [1.807, 2.05) is 12.1 Å². The Hall–Kier alpha value is -2.70. The SMILES string of the molecule is CN1C(=O)N(Cc2ccc(C(F)(F)F)cc2)CC1CCCc1ccc(O)cc1. The van der Waals surface area contributed by atoms with Crippen molar-refractivity contribution in [1.29, 1.82) is 0 Å². The number of hydrogen-bond donors (Lipinski definition) is 1. The molecule has 0 bridgehead atoms. The molecule has 0 aromatic heterocycles. The minimum Gasteiger partial charge on any atom is -0.508 e. The molecule has 1 aliphatic heterocycles. The summed E-state index contributed by atoms with van der Waals surface area (Å²) in [4.78, 5) is 15.8. The second-order valence-corrected chi connectivity index (χ2v) is 7.18. The second kappa shape index (κ2) is 8.12. The number of hydrogen-bond acceptors (Lipinski definition) is 2. The molecule has 3 rings (SSSR count). The quantitative estimate of drug-likeness (QED) is 0.776. The fourth-order valence-electron chi connectivity index (χ4n) is 3.48. The van der Waals surface area contributed by atoms with Gasteiger partial charge in [-0.15, -0.1) is 0 Å². The predicted molar refractivity (Wildman–Crippen MR) is 99.8 cm³/mol. The Kier molecular flexibility index (Phi) is 5.82. The molecule has 0 aliphatic carbocycles. The molecule has 1 fully saturated rings. The first kappa shape index (κ1) is 20.0. The number of phenols is 1. The highest BCUT2D eigenvalue weighted by atomic mass is 19.4. The third-order valence-electron chi connectivity index (χ3n) is 5.14. The summed E-state index contributed by atoms with van der Waals surface area (Å²) >= 11 is 0. The summed E-state index contributed by atoms with van der Waals surface area (Å²) in [7, 11) is 1.76. The zero-order chi connectivity index (χ0) is 20.3. The minimum atomic E-state index is -4.36. The number of rotatable bonds is 6. The van der Waals surface area contributed by atoms with Crippen molar-refractivity contribution in [3.05, 3.63) is 65.2 Å². The molecule has 1 N–H and O–H groups in total. The van der Waals surface area contributed by atoms with Gasteiger partial charge in [0.05, 0.1) is 11.6 Å². The van der Waals surface area contributed by atoms with E-state index in [-0.39, 0.29) is 17.8 Å². The van der Waals surface area contributed by atoms with Crippen LogP contribution < -0.4 is 0 Å². The average Bonchev–Trinajstić information content (AvgIpc) is 2.91. The fraction of sp³-hybridized carbons (Fsp3) is 0.381. The molecule has 1 atom stereocenters. The monoisotopic (exact) mass is 392 g/mol. The summed E-state index contributed by atoms with van der Waals surface area (Å²) in [6.45, 7) is 0.863. The number of alkyl halides is 3. The molecule has 28 heavy (non-hydrogen) atoms. The molecule has 7 heteroatoms. The first-order valence-corrected chi connectivity index (χ1v) is 9.20. The number of phenolic OH excluding ortho intramolecular Hbond substituents is 1. The largest absolute Gasteiger partial charge is 0.508 e. The molecule has 2 amide bonds. The van der Waals surface area contributed by atoms with Crippen LogP contribution in [0.1, 0.15) is 29.5 Å². The van der Waals surface area contributed by atoms with Crippen LogP contribution >= 0.6 is 0 Å². The van der Waals surface area contributed by atoms with Crippen molar-refractivity contribution in [2.45, 2.75) is 38.0 Å². The van der Waals surface area contributed by atoms with E-state index in [1.54, 1.807) is 29.0 Å². The van der Waals surface area contributed by atoms with E-state index in [4.69, 9.17) is 0 Å². The zero-order valence-electron chi connectivity index (χ0n) is 15.6. The van der Waals surface area contributed by atoms with Crippen LogP contribution in [-0.4, -0.2) is 40.6 Å². The maximum atomic E-state index is 12.7. The average molecular weight is 392 g/mol. The summed E-state index contributed by atoms with van der Waals surface area (Å²) in [5.74, 6) is 0.240. The van der Waals surface area contributed by atoms with Gasteiger partial charge in [0.15, 0.2) is 0 Å². The van der Waals surface area contributed by atoms with Gasteiger partial charge in [-0.2, -0.15) is 13.2 Å². The molecule has 2 aromatic carbocycles. The maximum Gasteiger partial charge on any atom is 0.416 e. The summed E-state index contributed by atoms with van der Waals surface area (Å²) in [6.07, 6.45) is -1.75. The van der Waals surface area contributed by atoms with Crippen molar-refractivity contribution in [1.82, 2.24) is 9.80 Å². The number of urea groups is 1. The molecular formula is C21H23F3N2O2. The van der Waals surface area contributed by atoms with E-state index in [0.29, 0.717) is 18.7 Å². The third kappa shape index (κ3) is 4.77. The number of halogens is 3. The summed E-state index contributed by atoms with van der Waals surface area (Å²) in [6, 6.07) is 12.0. The number of aromatic hydroxyl groups is 1. The Morgan fingerprint density at radius 2 is 1.64 bits per heavy atom. The number of likely N-dealkylation sites (N-methyl/N-ethyl adjacent to an activating group) is 1. The Bertz CT molecular complexity index is 804.